The zero-order chi connectivity index (χ0) is 22.2. The molecule has 7 rings (SSSR count). The Morgan fingerprint density at radius 3 is 2.61 bits per heavy atom. The summed E-state index contributed by atoms with van der Waals surface area (Å²) in [6, 6.07) is 11.8. The fraction of sp³-hybridized carbons (Fsp3) is 0.630. The minimum atomic E-state index is 0.0736. The average molecular weight is 450 g/mol. The van der Waals surface area contributed by atoms with E-state index >= 15 is 0 Å². The molecule has 6 heteroatoms. The van der Waals surface area contributed by atoms with Crippen molar-refractivity contribution < 1.29 is 14.4 Å². The molecule has 4 bridgehead atoms. The molecule has 0 spiro atoms. The minimum absolute atomic E-state index is 0.0736. The number of ether oxygens (including phenoxy) is 1. The van der Waals surface area contributed by atoms with Crippen molar-refractivity contribution >= 4 is 5.91 Å². The first-order chi connectivity index (χ1) is 16.2. The van der Waals surface area contributed by atoms with Gasteiger partial charge >= 0.3 is 0 Å². The first kappa shape index (κ1) is 21.2. The Kier molecular flexibility index (Phi) is 5.87. The number of hydrogen-bond acceptors (Lipinski definition) is 4. The van der Waals surface area contributed by atoms with Crippen LogP contribution in [0.2, 0.25) is 0 Å². The number of carbonyl (C=O) groups is 1. The van der Waals surface area contributed by atoms with Crippen LogP contribution in [0.1, 0.15) is 61.7 Å². The van der Waals surface area contributed by atoms with Crippen LogP contribution in [0.3, 0.4) is 0 Å². The molecule has 0 radical (unpaired) electrons. The van der Waals surface area contributed by atoms with E-state index in [0.717, 1.165) is 43.8 Å². The van der Waals surface area contributed by atoms with Gasteiger partial charge in [0.2, 0.25) is 0 Å². The molecule has 5 fully saturated rings. The first-order valence-electron chi connectivity index (χ1n) is 12.9. The lowest BCUT2D eigenvalue weighted by molar-refractivity contribution is -0.169. The highest BCUT2D eigenvalue weighted by Gasteiger charge is 2.55. The van der Waals surface area contributed by atoms with Crippen LogP contribution in [0.25, 0.3) is 0 Å². The third-order valence-corrected chi connectivity index (χ3v) is 8.74. The van der Waals surface area contributed by atoms with Crippen molar-refractivity contribution in [2.75, 3.05) is 6.61 Å². The van der Waals surface area contributed by atoms with E-state index in [0.29, 0.717) is 35.9 Å². The summed E-state index contributed by atoms with van der Waals surface area (Å²) in [6.07, 6.45) is 13.8. The maximum absolute atomic E-state index is 12.9. The normalized spacial score (nSPS) is 37.1. The van der Waals surface area contributed by atoms with Crippen LogP contribution in [-0.4, -0.2) is 40.7 Å². The standard InChI is InChI=1S/C27H35N3O3/c31-27(20-5-2-1-3-6-20)29-25-21-13-19-14-22(16-21)26(24(25)15-19)33-23-9-7-18(8-10-23)17-32-30-12-4-11-28-30/h1-6,11-12,18-19,21-26H,7-10,13-17H2,(H,29,31). The highest BCUT2D eigenvalue weighted by atomic mass is 16.7. The van der Waals surface area contributed by atoms with Gasteiger partial charge in [0, 0.05) is 17.5 Å². The molecule has 1 aromatic carbocycles. The summed E-state index contributed by atoms with van der Waals surface area (Å²) >= 11 is 0. The second-order valence-electron chi connectivity index (χ2n) is 10.8. The van der Waals surface area contributed by atoms with Crippen molar-refractivity contribution in [1.82, 2.24) is 15.3 Å². The van der Waals surface area contributed by atoms with Gasteiger partial charge in [-0.15, -0.1) is 9.94 Å². The van der Waals surface area contributed by atoms with Crippen molar-refractivity contribution in [2.45, 2.75) is 69.6 Å². The van der Waals surface area contributed by atoms with E-state index in [1.165, 1.54) is 25.7 Å². The molecule has 5 saturated carbocycles. The number of benzene rings is 1. The molecule has 1 N–H and O–H groups in total. The lowest BCUT2D eigenvalue weighted by Crippen LogP contribution is -2.62. The summed E-state index contributed by atoms with van der Waals surface area (Å²) in [5.74, 6) is 3.25. The minimum Gasteiger partial charge on any atom is -0.396 e. The third-order valence-electron chi connectivity index (χ3n) is 8.74. The Morgan fingerprint density at radius 1 is 1.00 bits per heavy atom. The van der Waals surface area contributed by atoms with Crippen LogP contribution < -0.4 is 10.2 Å². The molecule has 2 aromatic rings. The molecule has 1 heterocycles. The second-order valence-corrected chi connectivity index (χ2v) is 10.8. The molecule has 5 aliphatic rings. The van der Waals surface area contributed by atoms with E-state index in [9.17, 15) is 4.79 Å². The molecule has 6 unspecified atom stereocenters. The fourth-order valence-electron chi connectivity index (χ4n) is 7.29. The SMILES string of the molecule is O=C(NC1C2CC3CC(C2)C(OC2CCC(COn4cccn4)CC2)C1C3)c1ccccc1. The Hall–Kier alpha value is -2.34. The van der Waals surface area contributed by atoms with Gasteiger partial charge in [-0.3, -0.25) is 4.79 Å². The van der Waals surface area contributed by atoms with Gasteiger partial charge in [0.15, 0.2) is 0 Å². The van der Waals surface area contributed by atoms with Crippen molar-refractivity contribution in [3.8, 4) is 0 Å². The largest absolute Gasteiger partial charge is 0.396 e. The van der Waals surface area contributed by atoms with Crippen LogP contribution in [0.15, 0.2) is 48.8 Å². The Balaban J connectivity index is 1.06. The number of nitrogens with zero attached hydrogens (tertiary/aromatic N) is 2. The highest BCUT2D eigenvalue weighted by molar-refractivity contribution is 5.94. The van der Waals surface area contributed by atoms with E-state index in [2.05, 4.69) is 10.4 Å². The zero-order valence-corrected chi connectivity index (χ0v) is 19.2. The molecule has 5 aliphatic carbocycles. The van der Waals surface area contributed by atoms with Crippen LogP contribution in [-0.2, 0) is 4.74 Å². The number of amides is 1. The Labute approximate surface area is 196 Å². The summed E-state index contributed by atoms with van der Waals surface area (Å²) < 4.78 is 6.87. The van der Waals surface area contributed by atoms with Crippen molar-refractivity contribution in [3.05, 3.63) is 54.4 Å². The number of nitrogens with one attached hydrogen (secondary N) is 1. The maximum atomic E-state index is 12.9. The van der Waals surface area contributed by atoms with Gasteiger partial charge < -0.3 is 14.9 Å². The van der Waals surface area contributed by atoms with Crippen LogP contribution in [0, 0.1) is 29.6 Å². The molecule has 0 saturated heterocycles. The summed E-state index contributed by atoms with van der Waals surface area (Å²) in [6.45, 7) is 0.722. The van der Waals surface area contributed by atoms with E-state index in [1.807, 2.05) is 42.6 Å². The number of aromatic nitrogens is 2. The van der Waals surface area contributed by atoms with Crippen LogP contribution in [0.4, 0.5) is 0 Å². The second kappa shape index (κ2) is 9.13. The third kappa shape index (κ3) is 4.42. The molecule has 176 valence electrons. The average Bonchev–Trinajstić information content (AvgIpc) is 3.37. The highest BCUT2D eigenvalue weighted by Crippen LogP contribution is 2.55. The van der Waals surface area contributed by atoms with Crippen molar-refractivity contribution in [1.29, 1.82) is 0 Å². The van der Waals surface area contributed by atoms with E-state index in [4.69, 9.17) is 9.57 Å². The monoisotopic (exact) mass is 449 g/mol. The predicted octanol–water partition coefficient (Wildman–Crippen LogP) is 4.12. The maximum Gasteiger partial charge on any atom is 0.251 e. The van der Waals surface area contributed by atoms with Crippen LogP contribution in [0.5, 0.6) is 0 Å². The van der Waals surface area contributed by atoms with E-state index < -0.39 is 0 Å². The predicted molar refractivity (Wildman–Crippen MR) is 124 cm³/mol. The Morgan fingerprint density at radius 2 is 1.82 bits per heavy atom. The summed E-state index contributed by atoms with van der Waals surface area (Å²) in [5.41, 5.74) is 0.763. The lowest BCUT2D eigenvalue weighted by Gasteiger charge is -2.58. The van der Waals surface area contributed by atoms with E-state index in [1.54, 1.807) is 11.0 Å². The smallest absolute Gasteiger partial charge is 0.251 e. The molecule has 1 amide bonds. The molecule has 0 aliphatic heterocycles. The van der Waals surface area contributed by atoms with Crippen molar-refractivity contribution in [2.24, 2.45) is 29.6 Å². The van der Waals surface area contributed by atoms with Gasteiger partial charge in [-0.2, -0.15) is 0 Å². The van der Waals surface area contributed by atoms with Gasteiger partial charge in [0.1, 0.15) is 6.61 Å². The molecular formula is C27H35N3O3. The van der Waals surface area contributed by atoms with Gasteiger partial charge in [-0.25, -0.2) is 0 Å². The van der Waals surface area contributed by atoms with E-state index in [-0.39, 0.29) is 11.9 Å². The lowest BCUT2D eigenvalue weighted by atomic mass is 9.52. The number of hydrogen-bond donors (Lipinski definition) is 1. The first-order valence-corrected chi connectivity index (χ1v) is 12.9. The van der Waals surface area contributed by atoms with Crippen molar-refractivity contribution in [3.63, 3.8) is 0 Å². The summed E-state index contributed by atoms with van der Waals surface area (Å²) in [5, 5.41) is 7.56. The molecule has 6 nitrogen and oxygen atoms in total. The molecular weight excluding hydrogens is 414 g/mol. The Bertz CT molecular complexity index is 925. The van der Waals surface area contributed by atoms with Gasteiger partial charge in [-0.1, -0.05) is 18.2 Å². The number of rotatable bonds is 7. The zero-order valence-electron chi connectivity index (χ0n) is 19.2. The van der Waals surface area contributed by atoms with Gasteiger partial charge in [-0.05, 0) is 93.2 Å². The summed E-state index contributed by atoms with van der Waals surface area (Å²) in [7, 11) is 0. The topological polar surface area (TPSA) is 65.4 Å². The quantitative estimate of drug-likeness (QED) is 0.691. The van der Waals surface area contributed by atoms with Gasteiger partial charge in [0.25, 0.3) is 5.91 Å². The molecule has 1 aromatic heterocycles. The summed E-state index contributed by atoms with van der Waals surface area (Å²) in [4.78, 5) is 20.3. The fourth-order valence-corrected chi connectivity index (χ4v) is 7.29. The molecule has 33 heavy (non-hydrogen) atoms. The molecule has 6 atom stereocenters. The van der Waals surface area contributed by atoms with Gasteiger partial charge in [0.05, 0.1) is 24.6 Å². The van der Waals surface area contributed by atoms with Crippen LogP contribution >= 0.6 is 0 Å². The number of carbonyl (C=O) groups excluding carboxylic acids is 1.